The molecule has 10 N–H and O–H groups in total. The molecule has 13 heteroatoms. The lowest BCUT2D eigenvalue weighted by atomic mass is 10.0. The number of benzene rings is 1. The van der Waals surface area contributed by atoms with Crippen molar-refractivity contribution in [2.75, 3.05) is 0 Å². The largest absolute Gasteiger partial charge is 0.480 e. The molecule has 4 atom stereocenters. The average molecular weight is 464 g/mol. The highest BCUT2D eigenvalue weighted by molar-refractivity contribution is 5.96. The van der Waals surface area contributed by atoms with E-state index in [4.69, 9.17) is 22.3 Å². The highest BCUT2D eigenvalue weighted by atomic mass is 16.4. The Morgan fingerprint density at radius 1 is 0.818 bits per heavy atom. The molecule has 0 aliphatic carbocycles. The summed E-state index contributed by atoms with van der Waals surface area (Å²) in [6, 6.07) is 3.20. The van der Waals surface area contributed by atoms with E-state index < -0.39 is 72.5 Å². The van der Waals surface area contributed by atoms with Gasteiger partial charge in [0.2, 0.25) is 29.5 Å². The molecule has 33 heavy (non-hydrogen) atoms. The van der Waals surface area contributed by atoms with Crippen LogP contribution >= 0.6 is 0 Å². The number of carboxylic acids is 1. The molecular weight excluding hydrogens is 436 g/mol. The first-order valence-corrected chi connectivity index (χ1v) is 9.90. The van der Waals surface area contributed by atoms with Gasteiger partial charge in [0.25, 0.3) is 0 Å². The van der Waals surface area contributed by atoms with Crippen LogP contribution in [0.4, 0.5) is 0 Å². The number of hydrogen-bond donors (Lipinski definition) is 7. The first-order valence-electron chi connectivity index (χ1n) is 9.90. The first kappa shape index (κ1) is 27.0. The fourth-order valence-electron chi connectivity index (χ4n) is 2.71. The standard InChI is InChI=1S/C20H28N6O7/c1-10(20(32)33)24-18(30)14(9-16(23)28)26-19(31)13(7-11-5-3-2-4-6-11)25-17(29)12(21)8-15(22)27/h2-6,10,12-14H,7-9,21H2,1H3,(H2,22,27)(H2,23,28)(H,24,30)(H,25,29)(H,26,31)(H,32,33). The summed E-state index contributed by atoms with van der Waals surface area (Å²) < 4.78 is 0. The number of nitrogens with one attached hydrogen (secondary N) is 3. The van der Waals surface area contributed by atoms with Crippen molar-refractivity contribution in [2.24, 2.45) is 17.2 Å². The van der Waals surface area contributed by atoms with Crippen molar-refractivity contribution in [3.05, 3.63) is 35.9 Å². The number of carbonyl (C=O) groups excluding carboxylic acids is 5. The van der Waals surface area contributed by atoms with Crippen LogP contribution in [0.5, 0.6) is 0 Å². The SMILES string of the molecule is CC(NC(=O)C(CC(N)=O)NC(=O)C(Cc1ccccc1)NC(=O)C(N)CC(N)=O)C(=O)O. The predicted octanol–water partition coefficient (Wildman–Crippen LogP) is -3.13. The Labute approximate surface area is 189 Å². The Balaban J connectivity index is 3.07. The molecule has 0 heterocycles. The third kappa shape index (κ3) is 9.78. The van der Waals surface area contributed by atoms with E-state index >= 15 is 0 Å². The monoisotopic (exact) mass is 464 g/mol. The number of aliphatic carboxylic acids is 1. The smallest absolute Gasteiger partial charge is 0.325 e. The summed E-state index contributed by atoms with van der Waals surface area (Å²) in [5, 5.41) is 15.8. The molecule has 0 aromatic heterocycles. The van der Waals surface area contributed by atoms with E-state index in [0.29, 0.717) is 5.56 Å². The maximum absolute atomic E-state index is 12.9. The van der Waals surface area contributed by atoms with Gasteiger partial charge >= 0.3 is 5.97 Å². The highest BCUT2D eigenvalue weighted by Crippen LogP contribution is 2.06. The van der Waals surface area contributed by atoms with Gasteiger partial charge in [-0.2, -0.15) is 0 Å². The normalized spacial score (nSPS) is 14.1. The first-order chi connectivity index (χ1) is 15.4. The molecule has 0 aliphatic heterocycles. The van der Waals surface area contributed by atoms with Crippen LogP contribution in [-0.4, -0.2) is 64.8 Å². The van der Waals surface area contributed by atoms with Crippen LogP contribution in [0.1, 0.15) is 25.3 Å². The van der Waals surface area contributed by atoms with Crippen LogP contribution < -0.4 is 33.2 Å². The second kappa shape index (κ2) is 12.8. The number of primary amides is 2. The zero-order valence-electron chi connectivity index (χ0n) is 17.9. The summed E-state index contributed by atoms with van der Waals surface area (Å²) in [7, 11) is 0. The van der Waals surface area contributed by atoms with Crippen LogP contribution in [0, 0.1) is 0 Å². The molecule has 1 aromatic rings. The van der Waals surface area contributed by atoms with Crippen molar-refractivity contribution >= 4 is 35.5 Å². The lowest BCUT2D eigenvalue weighted by molar-refractivity contribution is -0.142. The Morgan fingerprint density at radius 3 is 1.85 bits per heavy atom. The minimum Gasteiger partial charge on any atom is -0.480 e. The number of hydrogen-bond acceptors (Lipinski definition) is 7. The lowest BCUT2D eigenvalue weighted by Crippen LogP contribution is -2.58. The van der Waals surface area contributed by atoms with E-state index in [1.54, 1.807) is 30.3 Å². The van der Waals surface area contributed by atoms with Crippen LogP contribution in [0.2, 0.25) is 0 Å². The topological polar surface area (TPSA) is 237 Å². The quantitative estimate of drug-likeness (QED) is 0.157. The molecule has 4 unspecified atom stereocenters. The summed E-state index contributed by atoms with van der Waals surface area (Å²) in [6.45, 7) is 1.20. The van der Waals surface area contributed by atoms with Crippen LogP contribution in [0.25, 0.3) is 0 Å². The molecular formula is C20H28N6O7. The number of amides is 5. The average Bonchev–Trinajstić information content (AvgIpc) is 2.72. The van der Waals surface area contributed by atoms with Crippen LogP contribution in [-0.2, 0) is 35.2 Å². The zero-order chi connectivity index (χ0) is 25.1. The van der Waals surface area contributed by atoms with Crippen molar-refractivity contribution in [1.29, 1.82) is 0 Å². The number of carbonyl (C=O) groups is 6. The van der Waals surface area contributed by atoms with Crippen molar-refractivity contribution < 1.29 is 33.9 Å². The van der Waals surface area contributed by atoms with Crippen LogP contribution in [0.15, 0.2) is 30.3 Å². The molecule has 0 aliphatic rings. The molecule has 13 nitrogen and oxygen atoms in total. The number of carboxylic acid groups (broad SMARTS) is 1. The molecule has 0 spiro atoms. The van der Waals surface area contributed by atoms with Gasteiger partial charge in [0, 0.05) is 6.42 Å². The fourth-order valence-corrected chi connectivity index (χ4v) is 2.71. The van der Waals surface area contributed by atoms with Crippen molar-refractivity contribution in [3.8, 4) is 0 Å². The second-order valence-corrected chi connectivity index (χ2v) is 7.33. The van der Waals surface area contributed by atoms with E-state index in [2.05, 4.69) is 16.0 Å². The number of rotatable bonds is 13. The van der Waals surface area contributed by atoms with Gasteiger partial charge in [-0.05, 0) is 12.5 Å². The maximum atomic E-state index is 12.9. The molecule has 0 radical (unpaired) electrons. The minimum atomic E-state index is -1.49. The van der Waals surface area contributed by atoms with Crippen molar-refractivity contribution in [2.45, 2.75) is 50.4 Å². The summed E-state index contributed by atoms with van der Waals surface area (Å²) in [4.78, 5) is 71.1. The highest BCUT2D eigenvalue weighted by Gasteiger charge is 2.30. The van der Waals surface area contributed by atoms with Crippen molar-refractivity contribution in [3.63, 3.8) is 0 Å². The summed E-state index contributed by atoms with van der Waals surface area (Å²) in [6.07, 6.45) is -1.08. The summed E-state index contributed by atoms with van der Waals surface area (Å²) >= 11 is 0. The Morgan fingerprint density at radius 2 is 1.33 bits per heavy atom. The lowest BCUT2D eigenvalue weighted by Gasteiger charge is -2.24. The van der Waals surface area contributed by atoms with Crippen LogP contribution in [0.3, 0.4) is 0 Å². The van der Waals surface area contributed by atoms with E-state index in [-0.39, 0.29) is 6.42 Å². The Hall–Kier alpha value is -4.00. The van der Waals surface area contributed by atoms with E-state index in [0.717, 1.165) is 0 Å². The Bertz CT molecular complexity index is 892. The third-order valence-electron chi connectivity index (χ3n) is 4.44. The van der Waals surface area contributed by atoms with Gasteiger partial charge in [-0.3, -0.25) is 28.8 Å². The summed E-state index contributed by atoms with van der Waals surface area (Å²) in [5.74, 6) is -5.71. The summed E-state index contributed by atoms with van der Waals surface area (Å²) in [5.41, 5.74) is 16.5. The van der Waals surface area contributed by atoms with Gasteiger partial charge in [0.15, 0.2) is 0 Å². The van der Waals surface area contributed by atoms with E-state index in [9.17, 15) is 28.8 Å². The third-order valence-corrected chi connectivity index (χ3v) is 4.44. The molecule has 0 fully saturated rings. The predicted molar refractivity (Wildman–Crippen MR) is 115 cm³/mol. The molecule has 0 bridgehead atoms. The zero-order valence-corrected chi connectivity index (χ0v) is 17.9. The molecule has 0 saturated carbocycles. The maximum Gasteiger partial charge on any atom is 0.325 e. The molecule has 0 saturated heterocycles. The van der Waals surface area contributed by atoms with Gasteiger partial charge in [0.1, 0.15) is 18.1 Å². The van der Waals surface area contributed by atoms with E-state index in [1.807, 2.05) is 0 Å². The molecule has 1 rings (SSSR count). The van der Waals surface area contributed by atoms with Gasteiger partial charge in [-0.1, -0.05) is 30.3 Å². The number of nitrogens with two attached hydrogens (primary N) is 3. The fraction of sp³-hybridized carbons (Fsp3) is 0.400. The van der Waals surface area contributed by atoms with Gasteiger partial charge in [-0.15, -0.1) is 0 Å². The van der Waals surface area contributed by atoms with Gasteiger partial charge in [-0.25, -0.2) is 0 Å². The van der Waals surface area contributed by atoms with Gasteiger partial charge < -0.3 is 38.3 Å². The Kier molecular flexibility index (Phi) is 10.5. The second-order valence-electron chi connectivity index (χ2n) is 7.33. The molecule has 5 amide bonds. The van der Waals surface area contributed by atoms with Gasteiger partial charge in [0.05, 0.1) is 18.9 Å². The minimum absolute atomic E-state index is 0.0157. The molecule has 180 valence electrons. The van der Waals surface area contributed by atoms with Crippen molar-refractivity contribution in [1.82, 2.24) is 16.0 Å². The van der Waals surface area contributed by atoms with E-state index in [1.165, 1.54) is 6.92 Å². The molecule has 1 aromatic carbocycles.